The molecule has 0 atom stereocenters. The fourth-order valence-corrected chi connectivity index (χ4v) is 2.51. The summed E-state index contributed by atoms with van der Waals surface area (Å²) in [6.07, 6.45) is 0.463. The monoisotopic (exact) mass is 300 g/mol. The molecule has 2 nitrogen and oxygen atoms in total. The van der Waals surface area contributed by atoms with E-state index in [1.54, 1.807) is 12.1 Å². The Balaban J connectivity index is 1.96. The smallest absolute Gasteiger partial charge is 0.168 e. The third kappa shape index (κ3) is 4.50. The van der Waals surface area contributed by atoms with Crippen molar-refractivity contribution in [1.82, 2.24) is 0 Å². The first-order valence-corrected chi connectivity index (χ1v) is 7.53. The fourth-order valence-electron chi connectivity index (χ4n) is 2.51. The third-order valence-corrected chi connectivity index (χ3v) is 3.97. The van der Waals surface area contributed by atoms with E-state index >= 15 is 0 Å². The molecule has 0 aliphatic rings. The van der Waals surface area contributed by atoms with Crippen molar-refractivity contribution in [1.29, 1.82) is 0 Å². The van der Waals surface area contributed by atoms with Crippen molar-refractivity contribution < 1.29 is 13.7 Å². The molecule has 2 aromatic rings. The molecule has 0 saturated carbocycles. The van der Waals surface area contributed by atoms with Crippen LogP contribution in [0.5, 0.6) is 0 Å². The minimum atomic E-state index is -0.313. The Kier molecular flexibility index (Phi) is 5.09. The fraction of sp³-hybridized carbons (Fsp3) is 0.316. The number of halogens is 1. The van der Waals surface area contributed by atoms with Gasteiger partial charge in [0.15, 0.2) is 5.78 Å². The zero-order chi connectivity index (χ0) is 16.2. The Hall–Kier alpha value is -2.00. The number of carbonyl (C=O) groups excluding carboxylic acids is 1. The van der Waals surface area contributed by atoms with Crippen molar-refractivity contribution in [3.8, 4) is 0 Å². The average Bonchev–Trinajstić information content (AvgIpc) is 2.48. The van der Waals surface area contributed by atoms with E-state index in [2.05, 4.69) is 33.2 Å². The van der Waals surface area contributed by atoms with Gasteiger partial charge in [-0.15, -0.1) is 0 Å². The summed E-state index contributed by atoms with van der Waals surface area (Å²) in [7, 11) is 4.26. The summed E-state index contributed by atoms with van der Waals surface area (Å²) in [4.78, 5) is 12.2. The van der Waals surface area contributed by atoms with Crippen LogP contribution >= 0.6 is 0 Å². The molecule has 0 fully saturated rings. The summed E-state index contributed by atoms with van der Waals surface area (Å²) in [5.41, 5.74) is 3.16. The highest BCUT2D eigenvalue weighted by Gasteiger charge is 2.19. The molecule has 0 aliphatic carbocycles. The van der Waals surface area contributed by atoms with Crippen molar-refractivity contribution in [2.75, 3.05) is 20.6 Å². The molecule has 0 aromatic heterocycles. The molecule has 0 N–H and O–H groups in total. The van der Waals surface area contributed by atoms with Crippen LogP contribution in [0.3, 0.4) is 0 Å². The Labute approximate surface area is 131 Å². The van der Waals surface area contributed by atoms with E-state index in [4.69, 9.17) is 0 Å². The van der Waals surface area contributed by atoms with Crippen LogP contribution in [-0.4, -0.2) is 30.9 Å². The molecule has 0 aliphatic heterocycles. The van der Waals surface area contributed by atoms with Gasteiger partial charge in [-0.25, -0.2) is 4.39 Å². The van der Waals surface area contributed by atoms with Crippen molar-refractivity contribution in [3.05, 3.63) is 71.0 Å². The van der Waals surface area contributed by atoms with Crippen LogP contribution in [-0.2, 0) is 6.54 Å². The van der Waals surface area contributed by atoms with Gasteiger partial charge in [0.1, 0.15) is 12.4 Å². The van der Waals surface area contributed by atoms with E-state index in [1.165, 1.54) is 23.3 Å². The van der Waals surface area contributed by atoms with Crippen molar-refractivity contribution >= 4 is 5.78 Å². The van der Waals surface area contributed by atoms with Gasteiger partial charge in [0.25, 0.3) is 0 Å². The highest BCUT2D eigenvalue weighted by atomic mass is 19.1. The van der Waals surface area contributed by atoms with E-state index in [0.717, 1.165) is 17.6 Å². The highest BCUT2D eigenvalue weighted by molar-refractivity contribution is 5.96. The van der Waals surface area contributed by atoms with Gasteiger partial charge >= 0.3 is 0 Å². The number of benzene rings is 2. The summed E-state index contributed by atoms with van der Waals surface area (Å²) in [6, 6.07) is 14.1. The molecular formula is C19H23FNO+. The van der Waals surface area contributed by atoms with Crippen LogP contribution < -0.4 is 0 Å². The summed E-state index contributed by atoms with van der Waals surface area (Å²) in [5.74, 6) is -0.247. The maximum absolute atomic E-state index is 12.9. The second-order valence-electron chi connectivity index (χ2n) is 6.42. The zero-order valence-corrected chi connectivity index (χ0v) is 13.5. The van der Waals surface area contributed by atoms with Crippen molar-refractivity contribution in [2.45, 2.75) is 19.9 Å². The quantitative estimate of drug-likeness (QED) is 0.582. The van der Waals surface area contributed by atoms with Crippen LogP contribution in [0.25, 0.3) is 0 Å². The van der Waals surface area contributed by atoms with Crippen LogP contribution in [0.4, 0.5) is 4.39 Å². The maximum Gasteiger partial charge on any atom is 0.168 e. The lowest BCUT2D eigenvalue weighted by Gasteiger charge is -2.30. The SMILES string of the molecule is Cc1ccccc1C[N+](C)(C)CCC(=O)c1ccc(F)cc1. The van der Waals surface area contributed by atoms with Crippen LogP contribution in [0.1, 0.15) is 27.9 Å². The number of ketones is 1. The minimum absolute atomic E-state index is 0.0657. The number of quaternary nitrogens is 1. The summed E-state index contributed by atoms with van der Waals surface area (Å²) in [5, 5.41) is 0. The molecule has 0 bridgehead atoms. The number of hydrogen-bond acceptors (Lipinski definition) is 1. The molecule has 0 saturated heterocycles. The van der Waals surface area contributed by atoms with Gasteiger partial charge in [0.2, 0.25) is 0 Å². The lowest BCUT2D eigenvalue weighted by Crippen LogP contribution is -2.40. The number of rotatable bonds is 6. The first-order chi connectivity index (χ1) is 10.4. The maximum atomic E-state index is 12.9. The van der Waals surface area contributed by atoms with Gasteiger partial charge in [-0.1, -0.05) is 24.3 Å². The third-order valence-electron chi connectivity index (χ3n) is 3.97. The molecule has 3 heteroatoms. The number of aryl methyl sites for hydroxylation is 1. The average molecular weight is 300 g/mol. The second-order valence-corrected chi connectivity index (χ2v) is 6.42. The second kappa shape index (κ2) is 6.84. The van der Waals surface area contributed by atoms with Gasteiger partial charge in [-0.05, 0) is 36.8 Å². The Morgan fingerprint density at radius 3 is 2.32 bits per heavy atom. The molecule has 2 aromatic carbocycles. The molecule has 116 valence electrons. The number of carbonyl (C=O) groups is 1. The first kappa shape index (κ1) is 16.4. The summed E-state index contributed by atoms with van der Waals surface area (Å²) >= 11 is 0. The standard InChI is InChI=1S/C19H23FNO/c1-15-6-4-5-7-17(15)14-21(2,3)13-12-19(22)16-8-10-18(20)11-9-16/h4-11H,12-14H2,1-3H3/q+1. The topological polar surface area (TPSA) is 17.1 Å². The predicted molar refractivity (Wildman–Crippen MR) is 87.2 cm³/mol. The van der Waals surface area contributed by atoms with Gasteiger partial charge < -0.3 is 4.48 Å². The molecule has 0 spiro atoms. The van der Waals surface area contributed by atoms with Crippen LogP contribution in [0.15, 0.2) is 48.5 Å². The Morgan fingerprint density at radius 1 is 1.05 bits per heavy atom. The molecule has 0 unspecified atom stereocenters. The zero-order valence-electron chi connectivity index (χ0n) is 13.5. The van der Waals surface area contributed by atoms with Gasteiger partial charge in [-0.3, -0.25) is 4.79 Å². The predicted octanol–water partition coefficient (Wildman–Crippen LogP) is 3.98. The molecule has 2 rings (SSSR count). The number of Topliss-reactive ketones (excluding diaryl/α,β-unsaturated/α-hetero) is 1. The Morgan fingerprint density at radius 2 is 1.68 bits per heavy atom. The highest BCUT2D eigenvalue weighted by Crippen LogP contribution is 2.15. The minimum Gasteiger partial charge on any atom is -0.324 e. The van der Waals surface area contributed by atoms with Gasteiger partial charge in [-0.2, -0.15) is 0 Å². The molecule has 22 heavy (non-hydrogen) atoms. The van der Waals surface area contributed by atoms with E-state index in [0.29, 0.717) is 12.0 Å². The largest absolute Gasteiger partial charge is 0.324 e. The molecular weight excluding hydrogens is 277 g/mol. The first-order valence-electron chi connectivity index (χ1n) is 7.53. The van der Waals surface area contributed by atoms with Crippen LogP contribution in [0, 0.1) is 12.7 Å². The Bertz CT molecular complexity index is 647. The van der Waals surface area contributed by atoms with Crippen LogP contribution in [0.2, 0.25) is 0 Å². The molecule has 0 heterocycles. The van der Waals surface area contributed by atoms with Crippen molar-refractivity contribution in [3.63, 3.8) is 0 Å². The molecule has 0 amide bonds. The lowest BCUT2D eigenvalue weighted by molar-refractivity contribution is -0.903. The van der Waals surface area contributed by atoms with E-state index in [9.17, 15) is 9.18 Å². The van der Waals surface area contributed by atoms with E-state index in [-0.39, 0.29) is 11.6 Å². The number of hydrogen-bond donors (Lipinski definition) is 0. The van der Waals surface area contributed by atoms with Gasteiger partial charge in [0.05, 0.1) is 27.1 Å². The molecule has 0 radical (unpaired) electrons. The summed E-state index contributed by atoms with van der Waals surface area (Å²) < 4.78 is 13.6. The van der Waals surface area contributed by atoms with E-state index < -0.39 is 0 Å². The van der Waals surface area contributed by atoms with Crippen molar-refractivity contribution in [2.24, 2.45) is 0 Å². The van der Waals surface area contributed by atoms with Gasteiger partial charge in [0, 0.05) is 11.1 Å². The number of nitrogens with zero attached hydrogens (tertiary/aromatic N) is 1. The lowest BCUT2D eigenvalue weighted by atomic mass is 10.1. The van der Waals surface area contributed by atoms with E-state index in [1.807, 2.05) is 12.1 Å². The summed E-state index contributed by atoms with van der Waals surface area (Å²) in [6.45, 7) is 3.76. The normalized spacial score (nSPS) is 11.5.